The summed E-state index contributed by atoms with van der Waals surface area (Å²) in [6.45, 7) is 6.12. The molecule has 5 aromatic carbocycles. The van der Waals surface area contributed by atoms with Crippen molar-refractivity contribution >= 4 is 23.5 Å². The number of nitrogens with one attached hydrogen (secondary N) is 2. The van der Waals surface area contributed by atoms with Crippen molar-refractivity contribution in [3.8, 4) is 11.5 Å². The first-order valence-electron chi connectivity index (χ1n) is 15.2. The summed E-state index contributed by atoms with van der Waals surface area (Å²) in [7, 11) is 0. The molecule has 1 atom stereocenters. The monoisotopic (exact) mass is 616 g/mol. The molecule has 6 heteroatoms. The van der Waals surface area contributed by atoms with E-state index < -0.39 is 16.4 Å². The molecule has 0 spiro atoms. The summed E-state index contributed by atoms with van der Waals surface area (Å²) in [4.78, 5) is 13.0. The molecule has 5 aromatic rings. The van der Waals surface area contributed by atoms with Gasteiger partial charge in [-0.05, 0) is 73.9 Å². The fourth-order valence-electron chi connectivity index (χ4n) is 5.13. The Morgan fingerprint density at radius 2 is 1.09 bits per heavy atom. The number of anilines is 1. The predicted molar refractivity (Wildman–Crippen MR) is 186 cm³/mol. The minimum absolute atomic E-state index is 0.249. The third kappa shape index (κ3) is 8.70. The smallest absolute Gasteiger partial charge is 0.407 e. The van der Waals surface area contributed by atoms with Crippen molar-refractivity contribution in [2.24, 2.45) is 0 Å². The fourth-order valence-corrected chi connectivity index (χ4v) is 6.69. The molecule has 0 aliphatic carbocycles. The minimum Gasteiger partial charge on any atom is -0.457 e. The lowest BCUT2D eigenvalue weighted by atomic mass is 9.84. The number of carbonyl (C=O) groups is 1. The summed E-state index contributed by atoms with van der Waals surface area (Å²) < 4.78 is 11.1. The molecule has 0 aliphatic rings. The van der Waals surface area contributed by atoms with Gasteiger partial charge in [-0.1, -0.05) is 109 Å². The van der Waals surface area contributed by atoms with E-state index in [2.05, 4.69) is 83.4 Å². The maximum absolute atomic E-state index is 13.0. The number of carbonyl (C=O) groups excluding carboxylic acids is 1. The van der Waals surface area contributed by atoms with Gasteiger partial charge in [-0.2, -0.15) is 0 Å². The molecular formula is C39H40N2O3S. The molecule has 5 nitrogen and oxygen atoms in total. The van der Waals surface area contributed by atoms with E-state index in [1.165, 1.54) is 16.7 Å². The Bertz CT molecular complexity index is 1510. The van der Waals surface area contributed by atoms with Gasteiger partial charge in [0.25, 0.3) is 0 Å². The zero-order valence-electron chi connectivity index (χ0n) is 26.0. The van der Waals surface area contributed by atoms with Crippen molar-refractivity contribution in [2.45, 2.75) is 37.2 Å². The van der Waals surface area contributed by atoms with Crippen LogP contribution in [0.3, 0.4) is 0 Å². The molecule has 230 valence electrons. The summed E-state index contributed by atoms with van der Waals surface area (Å²) in [6, 6.07) is 49.0. The molecule has 0 heterocycles. The molecular weight excluding hydrogens is 577 g/mol. The molecule has 0 unspecified atom stereocenters. The van der Waals surface area contributed by atoms with E-state index in [1.807, 2.05) is 93.6 Å². The van der Waals surface area contributed by atoms with E-state index in [0.717, 1.165) is 17.2 Å². The number of benzene rings is 5. The third-order valence-corrected chi connectivity index (χ3v) is 8.86. The highest BCUT2D eigenvalue weighted by molar-refractivity contribution is 8.00. The van der Waals surface area contributed by atoms with Crippen LogP contribution in [0.4, 0.5) is 10.5 Å². The van der Waals surface area contributed by atoms with Crippen molar-refractivity contribution in [1.29, 1.82) is 0 Å². The molecule has 0 bridgehead atoms. The number of ether oxygens (including phenoxy) is 2. The first-order chi connectivity index (χ1) is 21.8. The van der Waals surface area contributed by atoms with Gasteiger partial charge in [0.15, 0.2) is 0 Å². The second-order valence-electron chi connectivity index (χ2n) is 11.8. The highest BCUT2D eigenvalue weighted by atomic mass is 32.2. The van der Waals surface area contributed by atoms with Crippen molar-refractivity contribution in [3.05, 3.63) is 162 Å². The Morgan fingerprint density at radius 3 is 1.56 bits per heavy atom. The molecule has 0 saturated carbocycles. The lowest BCUT2D eigenvalue weighted by Gasteiger charge is -2.37. The molecule has 0 aliphatic heterocycles. The topological polar surface area (TPSA) is 59.6 Å². The predicted octanol–water partition coefficient (Wildman–Crippen LogP) is 9.51. The largest absolute Gasteiger partial charge is 0.457 e. The van der Waals surface area contributed by atoms with E-state index in [4.69, 9.17) is 9.47 Å². The number of hydrogen-bond donors (Lipinski definition) is 2. The quantitative estimate of drug-likeness (QED) is 0.137. The SMILES string of the molecule is CC(C)(C)OC(=O)N[C@H](CNc1ccc(Oc2ccccc2)cc1)CSC(c1ccccc1)(c1ccccc1)c1ccccc1. The van der Waals surface area contributed by atoms with Gasteiger partial charge in [0.1, 0.15) is 17.1 Å². The number of hydrogen-bond acceptors (Lipinski definition) is 5. The van der Waals surface area contributed by atoms with Gasteiger partial charge in [0, 0.05) is 18.0 Å². The number of rotatable bonds is 12. The summed E-state index contributed by atoms with van der Waals surface area (Å²) in [5.74, 6) is 2.15. The highest BCUT2D eigenvalue weighted by Gasteiger charge is 2.37. The van der Waals surface area contributed by atoms with Crippen LogP contribution in [0.25, 0.3) is 0 Å². The number of amides is 1. The number of thioether (sulfide) groups is 1. The van der Waals surface area contributed by atoms with Gasteiger partial charge in [-0.25, -0.2) is 4.79 Å². The second-order valence-corrected chi connectivity index (χ2v) is 13.0. The van der Waals surface area contributed by atoms with Crippen LogP contribution in [0.15, 0.2) is 146 Å². The van der Waals surface area contributed by atoms with Crippen molar-refractivity contribution < 1.29 is 14.3 Å². The summed E-state index contributed by atoms with van der Waals surface area (Å²) in [6.07, 6.45) is -0.439. The average Bonchev–Trinajstić information content (AvgIpc) is 3.05. The molecule has 45 heavy (non-hydrogen) atoms. The van der Waals surface area contributed by atoms with Crippen LogP contribution in [0.1, 0.15) is 37.5 Å². The van der Waals surface area contributed by atoms with Gasteiger partial charge in [0.2, 0.25) is 0 Å². The number of alkyl carbamates (subject to hydrolysis) is 1. The van der Waals surface area contributed by atoms with E-state index in [-0.39, 0.29) is 6.04 Å². The van der Waals surface area contributed by atoms with E-state index >= 15 is 0 Å². The van der Waals surface area contributed by atoms with Gasteiger partial charge < -0.3 is 20.1 Å². The summed E-state index contributed by atoms with van der Waals surface area (Å²) in [5, 5.41) is 6.67. The Labute approximate surface area is 271 Å². The molecule has 2 N–H and O–H groups in total. The maximum Gasteiger partial charge on any atom is 0.407 e. The summed E-state index contributed by atoms with van der Waals surface area (Å²) >= 11 is 1.80. The zero-order valence-corrected chi connectivity index (χ0v) is 26.8. The standard InChI is InChI=1S/C39H40N2O3S/c1-38(2,3)44-37(42)41-34(28-40-33-24-26-36(27-25-33)43-35-22-14-7-15-23-35)29-45-39(30-16-8-4-9-17-30,31-18-10-5-11-19-31)32-20-12-6-13-21-32/h4-27,34,40H,28-29H2,1-3H3,(H,41,42)/t34-/m1/s1. The maximum atomic E-state index is 13.0. The van der Waals surface area contributed by atoms with E-state index in [9.17, 15) is 4.79 Å². The van der Waals surface area contributed by atoms with Crippen LogP contribution >= 0.6 is 11.8 Å². The summed E-state index contributed by atoms with van der Waals surface area (Å²) in [5.41, 5.74) is 3.84. The molecule has 0 radical (unpaired) electrons. The van der Waals surface area contributed by atoms with Crippen LogP contribution in [0.2, 0.25) is 0 Å². The van der Waals surface area contributed by atoms with Gasteiger partial charge in [-0.3, -0.25) is 0 Å². The Balaban J connectivity index is 1.40. The zero-order chi connectivity index (χ0) is 31.5. The van der Waals surface area contributed by atoms with E-state index in [1.54, 1.807) is 11.8 Å². The average molecular weight is 617 g/mol. The van der Waals surface area contributed by atoms with Crippen molar-refractivity contribution in [2.75, 3.05) is 17.6 Å². The van der Waals surface area contributed by atoms with Gasteiger partial charge >= 0.3 is 6.09 Å². The van der Waals surface area contributed by atoms with E-state index in [0.29, 0.717) is 12.3 Å². The van der Waals surface area contributed by atoms with Crippen LogP contribution < -0.4 is 15.4 Å². The lowest BCUT2D eigenvalue weighted by molar-refractivity contribution is 0.0512. The first kappa shape index (κ1) is 31.7. The van der Waals surface area contributed by atoms with Crippen molar-refractivity contribution in [1.82, 2.24) is 5.32 Å². The van der Waals surface area contributed by atoms with Crippen LogP contribution in [0.5, 0.6) is 11.5 Å². The second kappa shape index (κ2) is 14.9. The van der Waals surface area contributed by atoms with Crippen LogP contribution in [-0.4, -0.2) is 30.0 Å². The molecule has 0 fully saturated rings. The number of para-hydroxylation sites is 1. The molecule has 1 amide bonds. The molecule has 0 saturated heterocycles. The van der Waals surface area contributed by atoms with Crippen LogP contribution in [-0.2, 0) is 9.48 Å². The highest BCUT2D eigenvalue weighted by Crippen LogP contribution is 2.48. The fraction of sp³-hybridized carbons (Fsp3) is 0.205. The first-order valence-corrected chi connectivity index (χ1v) is 16.2. The normalized spacial score (nSPS) is 12.2. The Hall–Kier alpha value is -4.68. The lowest BCUT2D eigenvalue weighted by Crippen LogP contribution is -2.45. The molecule has 0 aromatic heterocycles. The third-order valence-electron chi connectivity index (χ3n) is 7.15. The van der Waals surface area contributed by atoms with Crippen LogP contribution in [0, 0.1) is 0 Å². The Morgan fingerprint density at radius 1 is 0.644 bits per heavy atom. The Kier molecular flexibility index (Phi) is 10.5. The van der Waals surface area contributed by atoms with Gasteiger partial charge in [0.05, 0.1) is 10.8 Å². The minimum atomic E-state index is -0.605. The van der Waals surface area contributed by atoms with Gasteiger partial charge in [-0.15, -0.1) is 11.8 Å². The van der Waals surface area contributed by atoms with Crippen molar-refractivity contribution in [3.63, 3.8) is 0 Å². The molecule has 5 rings (SSSR count).